The fraction of sp³-hybridized carbons (Fsp3) is 0.900. The Bertz CT molecular complexity index is 364. The molecule has 16 heavy (non-hydrogen) atoms. The van der Waals surface area contributed by atoms with Crippen molar-refractivity contribution in [2.24, 2.45) is 5.41 Å². The molecule has 0 aromatic heterocycles. The third kappa shape index (κ3) is 2.74. The second-order valence-corrected chi connectivity index (χ2v) is 7.34. The minimum Gasteiger partial charge on any atom is -0.480 e. The molecule has 0 amide bonds. The van der Waals surface area contributed by atoms with Gasteiger partial charge in [-0.15, -0.1) is 0 Å². The van der Waals surface area contributed by atoms with Crippen LogP contribution in [0.15, 0.2) is 0 Å². The van der Waals surface area contributed by atoms with Crippen molar-refractivity contribution >= 4 is 16.0 Å². The van der Waals surface area contributed by atoms with Crippen LogP contribution in [-0.2, 0) is 14.8 Å². The molecule has 1 unspecified atom stereocenters. The van der Waals surface area contributed by atoms with Crippen molar-refractivity contribution < 1.29 is 18.3 Å². The van der Waals surface area contributed by atoms with Crippen molar-refractivity contribution in [2.75, 3.05) is 13.1 Å². The first-order valence-electron chi connectivity index (χ1n) is 5.38. The van der Waals surface area contributed by atoms with Gasteiger partial charge in [0.15, 0.2) is 5.25 Å². The zero-order chi connectivity index (χ0) is 12.6. The van der Waals surface area contributed by atoms with E-state index in [4.69, 9.17) is 5.11 Å². The number of piperidine rings is 1. The molecule has 0 aromatic rings. The van der Waals surface area contributed by atoms with Crippen LogP contribution in [0.3, 0.4) is 0 Å². The fourth-order valence-corrected chi connectivity index (χ4v) is 3.09. The minimum atomic E-state index is -3.68. The molecule has 5 nitrogen and oxygen atoms in total. The molecule has 0 spiro atoms. The van der Waals surface area contributed by atoms with Gasteiger partial charge >= 0.3 is 5.97 Å². The van der Waals surface area contributed by atoms with Gasteiger partial charge in [0, 0.05) is 13.1 Å². The lowest BCUT2D eigenvalue weighted by Gasteiger charge is -2.36. The Morgan fingerprint density at radius 3 is 2.12 bits per heavy atom. The van der Waals surface area contributed by atoms with Gasteiger partial charge in [0.05, 0.1) is 0 Å². The molecule has 0 saturated carbocycles. The number of carboxylic acid groups (broad SMARTS) is 1. The summed E-state index contributed by atoms with van der Waals surface area (Å²) < 4.78 is 25.1. The van der Waals surface area contributed by atoms with E-state index in [0.29, 0.717) is 13.1 Å². The predicted octanol–water partition coefficient (Wildman–Crippen LogP) is 0.911. The number of nitrogens with zero attached hydrogens (tertiary/aromatic N) is 1. The minimum absolute atomic E-state index is 0.151. The summed E-state index contributed by atoms with van der Waals surface area (Å²) in [6, 6.07) is 0. The molecule has 6 heteroatoms. The second kappa shape index (κ2) is 4.33. The van der Waals surface area contributed by atoms with Crippen molar-refractivity contribution in [3.63, 3.8) is 0 Å². The Labute approximate surface area is 96.5 Å². The first-order chi connectivity index (χ1) is 7.17. The van der Waals surface area contributed by atoms with Crippen LogP contribution >= 0.6 is 0 Å². The van der Waals surface area contributed by atoms with Crippen molar-refractivity contribution in [3.05, 3.63) is 0 Å². The largest absolute Gasteiger partial charge is 0.480 e. The van der Waals surface area contributed by atoms with E-state index in [2.05, 4.69) is 13.8 Å². The summed E-state index contributed by atoms with van der Waals surface area (Å²) in [7, 11) is -3.68. The van der Waals surface area contributed by atoms with Crippen LogP contribution in [0.1, 0.15) is 33.6 Å². The van der Waals surface area contributed by atoms with Crippen LogP contribution in [-0.4, -0.2) is 42.1 Å². The molecule has 1 N–H and O–H groups in total. The number of rotatable bonds is 3. The zero-order valence-electron chi connectivity index (χ0n) is 9.93. The van der Waals surface area contributed by atoms with Gasteiger partial charge in [0.1, 0.15) is 0 Å². The number of carbonyl (C=O) groups is 1. The third-order valence-corrected chi connectivity index (χ3v) is 5.41. The summed E-state index contributed by atoms with van der Waals surface area (Å²) in [6.07, 6.45) is 1.55. The van der Waals surface area contributed by atoms with E-state index in [-0.39, 0.29) is 5.41 Å². The van der Waals surface area contributed by atoms with Crippen LogP contribution in [0.4, 0.5) is 0 Å². The average Bonchev–Trinajstić information content (AvgIpc) is 2.15. The number of hydrogen-bond acceptors (Lipinski definition) is 3. The zero-order valence-corrected chi connectivity index (χ0v) is 10.7. The Balaban J connectivity index is 2.77. The van der Waals surface area contributed by atoms with E-state index in [9.17, 15) is 13.2 Å². The molecular weight excluding hydrogens is 230 g/mol. The Morgan fingerprint density at radius 1 is 1.31 bits per heavy atom. The van der Waals surface area contributed by atoms with E-state index >= 15 is 0 Å². The van der Waals surface area contributed by atoms with Gasteiger partial charge in [-0.2, -0.15) is 0 Å². The Morgan fingerprint density at radius 2 is 1.75 bits per heavy atom. The van der Waals surface area contributed by atoms with Gasteiger partial charge in [-0.25, -0.2) is 12.7 Å². The summed E-state index contributed by atoms with van der Waals surface area (Å²) in [5.41, 5.74) is 0.151. The maximum absolute atomic E-state index is 11.9. The molecule has 94 valence electrons. The number of carboxylic acids is 1. The van der Waals surface area contributed by atoms with Crippen LogP contribution in [0.2, 0.25) is 0 Å². The average molecular weight is 249 g/mol. The highest BCUT2D eigenvalue weighted by molar-refractivity contribution is 7.90. The molecule has 1 atom stereocenters. The monoisotopic (exact) mass is 249 g/mol. The van der Waals surface area contributed by atoms with E-state index in [1.807, 2.05) is 0 Å². The summed E-state index contributed by atoms with van der Waals surface area (Å²) in [6.45, 7) is 6.26. The lowest BCUT2D eigenvalue weighted by atomic mass is 9.83. The predicted molar refractivity (Wildman–Crippen MR) is 60.6 cm³/mol. The highest BCUT2D eigenvalue weighted by Gasteiger charge is 2.37. The first kappa shape index (κ1) is 13.4. The summed E-state index contributed by atoms with van der Waals surface area (Å²) in [5, 5.41) is 7.39. The topological polar surface area (TPSA) is 74.7 Å². The fourth-order valence-electron chi connectivity index (χ4n) is 1.70. The van der Waals surface area contributed by atoms with Gasteiger partial charge in [0.2, 0.25) is 10.0 Å². The maximum atomic E-state index is 11.9. The van der Waals surface area contributed by atoms with E-state index in [1.165, 1.54) is 11.2 Å². The van der Waals surface area contributed by atoms with Gasteiger partial charge in [-0.3, -0.25) is 4.79 Å². The second-order valence-electron chi connectivity index (χ2n) is 5.09. The molecular formula is C10H19NO4S. The van der Waals surface area contributed by atoms with Gasteiger partial charge in [-0.05, 0) is 25.2 Å². The van der Waals surface area contributed by atoms with Crippen LogP contribution in [0.5, 0.6) is 0 Å². The lowest BCUT2D eigenvalue weighted by molar-refractivity contribution is -0.136. The molecule has 1 fully saturated rings. The van der Waals surface area contributed by atoms with Crippen LogP contribution < -0.4 is 0 Å². The molecule has 1 aliphatic heterocycles. The van der Waals surface area contributed by atoms with Crippen LogP contribution in [0.25, 0.3) is 0 Å². The van der Waals surface area contributed by atoms with E-state index in [0.717, 1.165) is 12.8 Å². The summed E-state index contributed by atoms with van der Waals surface area (Å²) >= 11 is 0. The number of aliphatic carboxylic acids is 1. The SMILES string of the molecule is CC(C(=O)O)S(=O)(=O)N1CCC(C)(C)CC1. The quantitative estimate of drug-likeness (QED) is 0.806. The first-order valence-corrected chi connectivity index (χ1v) is 6.89. The smallest absolute Gasteiger partial charge is 0.323 e. The van der Waals surface area contributed by atoms with Gasteiger partial charge < -0.3 is 5.11 Å². The highest BCUT2D eigenvalue weighted by Crippen LogP contribution is 2.31. The van der Waals surface area contributed by atoms with Crippen molar-refractivity contribution in [2.45, 2.75) is 38.9 Å². The van der Waals surface area contributed by atoms with Crippen molar-refractivity contribution in [1.29, 1.82) is 0 Å². The molecule has 1 heterocycles. The molecule has 1 rings (SSSR count). The molecule has 0 bridgehead atoms. The number of hydrogen-bond donors (Lipinski definition) is 1. The maximum Gasteiger partial charge on any atom is 0.323 e. The Hall–Kier alpha value is -0.620. The number of sulfonamides is 1. The molecule has 0 aromatic carbocycles. The molecule has 1 aliphatic rings. The van der Waals surface area contributed by atoms with Gasteiger partial charge in [0.25, 0.3) is 0 Å². The van der Waals surface area contributed by atoms with E-state index in [1.54, 1.807) is 0 Å². The standard InChI is InChI=1S/C10H19NO4S/c1-8(9(12)13)16(14,15)11-6-4-10(2,3)5-7-11/h8H,4-7H2,1-3H3,(H,12,13). The summed E-state index contributed by atoms with van der Waals surface area (Å²) in [5.74, 6) is -1.29. The summed E-state index contributed by atoms with van der Waals surface area (Å²) in [4.78, 5) is 10.7. The van der Waals surface area contributed by atoms with Crippen LogP contribution in [0, 0.1) is 5.41 Å². The highest BCUT2D eigenvalue weighted by atomic mass is 32.2. The lowest BCUT2D eigenvalue weighted by Crippen LogP contribution is -2.46. The van der Waals surface area contributed by atoms with E-state index < -0.39 is 21.2 Å². The Kier molecular flexibility index (Phi) is 3.64. The third-order valence-electron chi connectivity index (χ3n) is 3.23. The van der Waals surface area contributed by atoms with Crippen molar-refractivity contribution in [3.8, 4) is 0 Å². The van der Waals surface area contributed by atoms with Crippen molar-refractivity contribution in [1.82, 2.24) is 4.31 Å². The molecule has 0 radical (unpaired) electrons. The molecule has 1 saturated heterocycles. The normalized spacial score (nSPS) is 23.9. The van der Waals surface area contributed by atoms with Gasteiger partial charge in [-0.1, -0.05) is 13.8 Å². The molecule has 0 aliphatic carbocycles.